The van der Waals surface area contributed by atoms with Gasteiger partial charge in [0, 0.05) is 19.7 Å². The number of nitrogens with zero attached hydrogens (tertiary/aromatic N) is 1. The molecule has 1 aromatic carbocycles. The summed E-state index contributed by atoms with van der Waals surface area (Å²) in [5.41, 5.74) is 2.83. The van der Waals surface area contributed by atoms with Crippen LogP contribution in [-0.4, -0.2) is 56.2 Å². The molecule has 1 aliphatic rings. The highest BCUT2D eigenvalue weighted by Gasteiger charge is 2.33. The van der Waals surface area contributed by atoms with Gasteiger partial charge in [-0.1, -0.05) is 17.7 Å². The molecule has 1 aliphatic heterocycles. The molecule has 2 rings (SSSR count). The molecule has 0 spiro atoms. The number of benzene rings is 1. The molecular formula is C16H23ClN2O3S2. The van der Waals surface area contributed by atoms with Crippen LogP contribution < -0.4 is 5.32 Å². The summed E-state index contributed by atoms with van der Waals surface area (Å²) in [7, 11) is -1.38. The lowest BCUT2D eigenvalue weighted by Gasteiger charge is -2.31. The fourth-order valence-electron chi connectivity index (χ4n) is 2.91. The fraction of sp³-hybridized carbons (Fsp3) is 0.562. The van der Waals surface area contributed by atoms with Crippen LogP contribution in [0.3, 0.4) is 0 Å². The maximum Gasteiger partial charge on any atom is 0.173 e. The van der Waals surface area contributed by atoms with Gasteiger partial charge in [0.2, 0.25) is 0 Å². The number of aryl methyl sites for hydroxylation is 2. The Balaban J connectivity index is 2.19. The molecular weight excluding hydrogens is 368 g/mol. The quantitative estimate of drug-likeness (QED) is 0.780. The number of rotatable bonds is 5. The van der Waals surface area contributed by atoms with Crippen molar-refractivity contribution in [3.63, 3.8) is 0 Å². The van der Waals surface area contributed by atoms with E-state index in [0.717, 1.165) is 16.8 Å². The smallest absolute Gasteiger partial charge is 0.173 e. The highest BCUT2D eigenvalue weighted by molar-refractivity contribution is 7.91. The average molecular weight is 391 g/mol. The highest BCUT2D eigenvalue weighted by atomic mass is 35.5. The zero-order valence-electron chi connectivity index (χ0n) is 14.1. The molecule has 1 fully saturated rings. The Morgan fingerprint density at radius 3 is 2.71 bits per heavy atom. The number of halogens is 1. The van der Waals surface area contributed by atoms with Crippen LogP contribution in [-0.2, 0) is 14.6 Å². The lowest BCUT2D eigenvalue weighted by atomic mass is 10.1. The van der Waals surface area contributed by atoms with Gasteiger partial charge in [-0.3, -0.25) is 0 Å². The minimum absolute atomic E-state index is 0.124. The van der Waals surface area contributed by atoms with Gasteiger partial charge >= 0.3 is 0 Å². The number of hydrogen-bond donors (Lipinski definition) is 1. The zero-order chi connectivity index (χ0) is 17.9. The Hall–Kier alpha value is -0.890. The monoisotopic (exact) mass is 390 g/mol. The van der Waals surface area contributed by atoms with Gasteiger partial charge in [-0.2, -0.15) is 0 Å². The van der Waals surface area contributed by atoms with E-state index in [4.69, 9.17) is 28.6 Å². The van der Waals surface area contributed by atoms with Crippen molar-refractivity contribution in [1.82, 2.24) is 4.90 Å². The van der Waals surface area contributed by atoms with E-state index in [-0.39, 0.29) is 17.5 Å². The average Bonchev–Trinajstić information content (AvgIpc) is 2.83. The first-order valence-electron chi connectivity index (χ1n) is 7.77. The van der Waals surface area contributed by atoms with Crippen molar-refractivity contribution in [2.45, 2.75) is 26.3 Å². The molecule has 5 nitrogen and oxygen atoms in total. The molecule has 24 heavy (non-hydrogen) atoms. The molecule has 0 aromatic heterocycles. The predicted octanol–water partition coefficient (Wildman–Crippen LogP) is 2.79. The Morgan fingerprint density at radius 1 is 1.46 bits per heavy atom. The van der Waals surface area contributed by atoms with Crippen LogP contribution in [0.1, 0.15) is 17.5 Å². The topological polar surface area (TPSA) is 58.6 Å². The first-order chi connectivity index (χ1) is 11.2. The summed E-state index contributed by atoms with van der Waals surface area (Å²) in [6.45, 7) is 4.95. The third-order valence-corrected chi connectivity index (χ3v) is 6.50. The lowest BCUT2D eigenvalue weighted by Crippen LogP contribution is -2.45. The largest absolute Gasteiger partial charge is 0.383 e. The summed E-state index contributed by atoms with van der Waals surface area (Å²) in [4.78, 5) is 1.90. The van der Waals surface area contributed by atoms with Crippen LogP contribution >= 0.6 is 23.8 Å². The number of thiocarbonyl (C=S) groups is 1. The highest BCUT2D eigenvalue weighted by Crippen LogP contribution is 2.28. The van der Waals surface area contributed by atoms with Crippen LogP contribution in [0.4, 0.5) is 5.69 Å². The van der Waals surface area contributed by atoms with Crippen molar-refractivity contribution in [2.24, 2.45) is 0 Å². The van der Waals surface area contributed by atoms with Crippen molar-refractivity contribution in [1.29, 1.82) is 0 Å². The van der Waals surface area contributed by atoms with Crippen molar-refractivity contribution in [3.05, 3.63) is 28.3 Å². The van der Waals surface area contributed by atoms with Gasteiger partial charge in [-0.25, -0.2) is 8.42 Å². The lowest BCUT2D eigenvalue weighted by molar-refractivity contribution is 0.166. The van der Waals surface area contributed by atoms with Gasteiger partial charge in [0.1, 0.15) is 0 Å². The van der Waals surface area contributed by atoms with Crippen molar-refractivity contribution < 1.29 is 13.2 Å². The molecule has 1 N–H and O–H groups in total. The summed E-state index contributed by atoms with van der Waals surface area (Å²) in [6, 6.07) is 3.77. The SMILES string of the molecule is COCCN(C(=S)Nc1c(C)cc(C)cc1Cl)[C@@H]1CCS(=O)(=O)C1. The van der Waals surface area contributed by atoms with E-state index in [1.165, 1.54) is 0 Å². The molecule has 0 saturated carbocycles. The first kappa shape index (κ1) is 19.4. The molecule has 1 heterocycles. The van der Waals surface area contributed by atoms with Crippen LogP contribution in [0.2, 0.25) is 5.02 Å². The van der Waals surface area contributed by atoms with Crippen molar-refractivity contribution in [3.8, 4) is 0 Å². The first-order valence-corrected chi connectivity index (χ1v) is 10.4. The molecule has 8 heteroatoms. The maximum atomic E-state index is 11.8. The summed E-state index contributed by atoms with van der Waals surface area (Å²) in [6.07, 6.45) is 0.578. The molecule has 0 unspecified atom stereocenters. The van der Waals surface area contributed by atoms with E-state index in [1.807, 2.05) is 30.9 Å². The van der Waals surface area contributed by atoms with E-state index >= 15 is 0 Å². The summed E-state index contributed by atoms with van der Waals surface area (Å²) >= 11 is 11.9. The molecule has 0 aliphatic carbocycles. The fourth-order valence-corrected chi connectivity index (χ4v) is 5.36. The molecule has 1 aromatic rings. The maximum absolute atomic E-state index is 11.8. The second kappa shape index (κ2) is 7.99. The van der Waals surface area contributed by atoms with Gasteiger partial charge in [-0.05, 0) is 49.7 Å². The molecule has 0 radical (unpaired) electrons. The van der Waals surface area contributed by atoms with Crippen LogP contribution in [0.15, 0.2) is 12.1 Å². The molecule has 1 atom stereocenters. The van der Waals surface area contributed by atoms with Crippen LogP contribution in [0.5, 0.6) is 0 Å². The molecule has 134 valence electrons. The van der Waals surface area contributed by atoms with Crippen molar-refractivity contribution >= 4 is 44.5 Å². The Kier molecular flexibility index (Phi) is 6.47. The Labute approximate surface area is 154 Å². The Morgan fingerprint density at radius 2 is 2.17 bits per heavy atom. The normalized spacial score (nSPS) is 19.2. The standard InChI is InChI=1S/C16H23ClN2O3S2/c1-11-8-12(2)15(14(17)9-11)18-16(23)19(5-6-22-3)13-4-7-24(20,21)10-13/h8-9,13H,4-7,10H2,1-3H3,(H,18,23)/t13-/m1/s1. The van der Waals surface area contributed by atoms with Gasteiger partial charge in [0.25, 0.3) is 0 Å². The van der Waals surface area contributed by atoms with E-state index in [9.17, 15) is 8.42 Å². The number of methoxy groups -OCH3 is 1. The molecule has 0 amide bonds. The molecule has 1 saturated heterocycles. The number of hydrogen-bond acceptors (Lipinski definition) is 4. The second-order valence-corrected chi connectivity index (χ2v) is 9.13. The summed E-state index contributed by atoms with van der Waals surface area (Å²) in [5.74, 6) is 0.327. The van der Waals surface area contributed by atoms with Crippen molar-refractivity contribution in [2.75, 3.05) is 37.1 Å². The number of ether oxygens (including phenoxy) is 1. The van der Waals surface area contributed by atoms with Gasteiger partial charge in [-0.15, -0.1) is 0 Å². The van der Waals surface area contributed by atoms with E-state index < -0.39 is 9.84 Å². The summed E-state index contributed by atoms with van der Waals surface area (Å²) in [5, 5.41) is 4.27. The number of nitrogens with one attached hydrogen (secondary N) is 1. The van der Waals surface area contributed by atoms with E-state index in [1.54, 1.807) is 7.11 Å². The number of anilines is 1. The van der Waals surface area contributed by atoms with Crippen LogP contribution in [0, 0.1) is 13.8 Å². The molecule has 0 bridgehead atoms. The predicted molar refractivity (Wildman–Crippen MR) is 103 cm³/mol. The summed E-state index contributed by atoms with van der Waals surface area (Å²) < 4.78 is 28.7. The Bertz CT molecular complexity index is 699. The minimum atomic E-state index is -2.99. The third-order valence-electron chi connectivity index (χ3n) is 4.11. The van der Waals surface area contributed by atoms with Gasteiger partial charge in [0.15, 0.2) is 14.9 Å². The van der Waals surface area contributed by atoms with Gasteiger partial charge < -0.3 is 15.0 Å². The minimum Gasteiger partial charge on any atom is -0.383 e. The third kappa shape index (κ3) is 4.81. The number of sulfone groups is 1. The van der Waals surface area contributed by atoms with E-state index in [0.29, 0.717) is 29.7 Å². The zero-order valence-corrected chi connectivity index (χ0v) is 16.5. The van der Waals surface area contributed by atoms with Gasteiger partial charge in [0.05, 0.1) is 28.8 Å². The van der Waals surface area contributed by atoms with Crippen LogP contribution in [0.25, 0.3) is 0 Å². The van der Waals surface area contributed by atoms with E-state index in [2.05, 4.69) is 5.32 Å². The second-order valence-electron chi connectivity index (χ2n) is 6.11.